The molecular weight excluding hydrogens is 218 g/mol. The van der Waals surface area contributed by atoms with Gasteiger partial charge in [0, 0.05) is 27.1 Å². The van der Waals surface area contributed by atoms with E-state index in [1.165, 1.54) is 0 Å². The molecule has 0 atom stereocenters. The number of nitrogens with one attached hydrogen (secondary N) is 1. The summed E-state index contributed by atoms with van der Waals surface area (Å²) in [6, 6.07) is 0. The van der Waals surface area contributed by atoms with Gasteiger partial charge in [-0.1, -0.05) is 0 Å². The molecule has 0 aromatic carbocycles. The topological polar surface area (TPSA) is 61.4 Å². The molecule has 17 heavy (non-hydrogen) atoms. The lowest BCUT2D eigenvalue weighted by Crippen LogP contribution is -2.21. The van der Waals surface area contributed by atoms with E-state index in [0.29, 0.717) is 18.1 Å². The Labute approximate surface area is 102 Å². The van der Waals surface area contributed by atoms with Gasteiger partial charge in [0.1, 0.15) is 0 Å². The van der Waals surface area contributed by atoms with Crippen LogP contribution in [0, 0.1) is 0 Å². The molecule has 6 nitrogen and oxygen atoms in total. The maximum absolute atomic E-state index is 11.5. The highest BCUT2D eigenvalue weighted by Crippen LogP contribution is 2.07. The summed E-state index contributed by atoms with van der Waals surface area (Å²) in [6.07, 6.45) is 3.67. The minimum atomic E-state index is -0.0279. The normalized spacial score (nSPS) is 10.4. The smallest absolute Gasteiger partial charge is 0.225 e. The zero-order valence-electron chi connectivity index (χ0n) is 10.8. The van der Waals surface area contributed by atoms with E-state index >= 15 is 0 Å². The molecule has 1 amide bonds. The summed E-state index contributed by atoms with van der Waals surface area (Å²) < 4.78 is 0. The highest BCUT2D eigenvalue weighted by atomic mass is 16.1. The van der Waals surface area contributed by atoms with Crippen molar-refractivity contribution >= 4 is 17.5 Å². The number of carbonyl (C=O) groups is 1. The van der Waals surface area contributed by atoms with Crippen LogP contribution in [0.25, 0.3) is 0 Å². The molecule has 0 spiro atoms. The van der Waals surface area contributed by atoms with Crippen LogP contribution in [0.5, 0.6) is 0 Å². The lowest BCUT2D eigenvalue weighted by atomic mass is 10.3. The highest BCUT2D eigenvalue weighted by Gasteiger charge is 2.04. The second-order valence-corrected chi connectivity index (χ2v) is 4.27. The first-order valence-electron chi connectivity index (χ1n) is 5.43. The number of hydrogen-bond acceptors (Lipinski definition) is 5. The number of nitrogens with zero attached hydrogens (tertiary/aromatic N) is 4. The van der Waals surface area contributed by atoms with E-state index in [-0.39, 0.29) is 5.91 Å². The largest absolute Gasteiger partial charge is 0.347 e. The van der Waals surface area contributed by atoms with Crippen molar-refractivity contribution in [2.75, 3.05) is 45.0 Å². The van der Waals surface area contributed by atoms with Gasteiger partial charge in [0.05, 0.1) is 18.1 Å². The third-order valence-corrected chi connectivity index (χ3v) is 2.11. The fourth-order valence-corrected chi connectivity index (χ4v) is 1.17. The molecule has 1 N–H and O–H groups in total. The molecule has 1 rings (SSSR count). The SMILES string of the molecule is CN(C)CCC(=O)Nc1cnc(N(C)C)nc1. The van der Waals surface area contributed by atoms with Crippen LogP contribution in [0.15, 0.2) is 12.4 Å². The first-order chi connectivity index (χ1) is 7.99. The highest BCUT2D eigenvalue weighted by molar-refractivity contribution is 5.90. The minimum Gasteiger partial charge on any atom is -0.347 e. The van der Waals surface area contributed by atoms with Crippen molar-refractivity contribution in [2.24, 2.45) is 0 Å². The van der Waals surface area contributed by atoms with Crippen LogP contribution in [-0.4, -0.2) is 55.5 Å². The summed E-state index contributed by atoms with van der Waals surface area (Å²) in [7, 11) is 7.60. The van der Waals surface area contributed by atoms with E-state index in [2.05, 4.69) is 15.3 Å². The molecule has 0 bridgehead atoms. The summed E-state index contributed by atoms with van der Waals surface area (Å²) in [6.45, 7) is 0.725. The first kappa shape index (κ1) is 13.4. The maximum Gasteiger partial charge on any atom is 0.225 e. The molecule has 0 radical (unpaired) electrons. The van der Waals surface area contributed by atoms with E-state index in [1.807, 2.05) is 33.1 Å². The molecule has 6 heteroatoms. The number of amides is 1. The van der Waals surface area contributed by atoms with Gasteiger partial charge in [-0.3, -0.25) is 4.79 Å². The first-order valence-corrected chi connectivity index (χ1v) is 5.43. The molecule has 0 saturated carbocycles. The predicted octanol–water partition coefficient (Wildman–Crippen LogP) is 0.433. The van der Waals surface area contributed by atoms with Crippen molar-refractivity contribution in [3.8, 4) is 0 Å². The van der Waals surface area contributed by atoms with Crippen LogP contribution < -0.4 is 10.2 Å². The summed E-state index contributed by atoms with van der Waals surface area (Å²) in [5.74, 6) is 0.594. The zero-order chi connectivity index (χ0) is 12.8. The van der Waals surface area contributed by atoms with Gasteiger partial charge < -0.3 is 15.1 Å². The van der Waals surface area contributed by atoms with Gasteiger partial charge in [-0.25, -0.2) is 9.97 Å². The van der Waals surface area contributed by atoms with Crippen LogP contribution in [0.2, 0.25) is 0 Å². The Bertz CT molecular complexity index is 361. The van der Waals surface area contributed by atoms with E-state index in [9.17, 15) is 4.79 Å². The number of hydrogen-bond donors (Lipinski definition) is 1. The Morgan fingerprint density at radius 3 is 2.29 bits per heavy atom. The standard InChI is InChI=1S/C11H19N5O/c1-15(2)6-5-10(17)14-9-7-12-11(13-8-9)16(3)4/h7-8H,5-6H2,1-4H3,(H,14,17). The molecule has 0 fully saturated rings. The van der Waals surface area contributed by atoms with E-state index in [0.717, 1.165) is 6.54 Å². The van der Waals surface area contributed by atoms with Gasteiger partial charge in [-0.15, -0.1) is 0 Å². The Morgan fingerprint density at radius 2 is 1.82 bits per heavy atom. The van der Waals surface area contributed by atoms with Gasteiger partial charge in [0.2, 0.25) is 11.9 Å². The van der Waals surface area contributed by atoms with E-state index < -0.39 is 0 Å². The number of rotatable bonds is 5. The lowest BCUT2D eigenvalue weighted by Gasteiger charge is -2.11. The molecule has 0 aliphatic rings. The van der Waals surface area contributed by atoms with E-state index in [1.54, 1.807) is 17.3 Å². The maximum atomic E-state index is 11.5. The van der Waals surface area contributed by atoms with Crippen molar-refractivity contribution in [1.29, 1.82) is 0 Å². The molecule has 0 unspecified atom stereocenters. The van der Waals surface area contributed by atoms with Crippen molar-refractivity contribution < 1.29 is 4.79 Å². The lowest BCUT2D eigenvalue weighted by molar-refractivity contribution is -0.116. The molecule has 1 heterocycles. The predicted molar refractivity (Wildman–Crippen MR) is 68.2 cm³/mol. The zero-order valence-corrected chi connectivity index (χ0v) is 10.8. The van der Waals surface area contributed by atoms with Crippen LogP contribution in [0.3, 0.4) is 0 Å². The van der Waals surface area contributed by atoms with Crippen molar-refractivity contribution in [2.45, 2.75) is 6.42 Å². The quantitative estimate of drug-likeness (QED) is 0.805. The molecule has 94 valence electrons. The third kappa shape index (κ3) is 4.78. The molecule has 0 saturated heterocycles. The molecule has 0 aliphatic heterocycles. The number of anilines is 2. The number of carbonyl (C=O) groups excluding carboxylic acids is 1. The Balaban J connectivity index is 2.48. The summed E-state index contributed by atoms with van der Waals surface area (Å²) in [4.78, 5) is 23.5. The Kier molecular flexibility index (Phi) is 4.84. The van der Waals surface area contributed by atoms with Crippen LogP contribution in [-0.2, 0) is 4.79 Å². The van der Waals surface area contributed by atoms with Crippen LogP contribution in [0.4, 0.5) is 11.6 Å². The van der Waals surface area contributed by atoms with Gasteiger partial charge >= 0.3 is 0 Å². The average Bonchev–Trinajstić information content (AvgIpc) is 2.27. The number of aromatic nitrogens is 2. The Morgan fingerprint density at radius 1 is 1.24 bits per heavy atom. The van der Waals surface area contributed by atoms with Crippen molar-refractivity contribution in [3.63, 3.8) is 0 Å². The second-order valence-electron chi connectivity index (χ2n) is 4.27. The minimum absolute atomic E-state index is 0.0279. The monoisotopic (exact) mass is 237 g/mol. The van der Waals surface area contributed by atoms with Crippen LogP contribution in [0.1, 0.15) is 6.42 Å². The molecule has 1 aromatic heterocycles. The van der Waals surface area contributed by atoms with Crippen molar-refractivity contribution in [3.05, 3.63) is 12.4 Å². The van der Waals surface area contributed by atoms with Gasteiger partial charge in [-0.2, -0.15) is 0 Å². The van der Waals surface area contributed by atoms with Crippen molar-refractivity contribution in [1.82, 2.24) is 14.9 Å². The van der Waals surface area contributed by atoms with E-state index in [4.69, 9.17) is 0 Å². The van der Waals surface area contributed by atoms with Gasteiger partial charge in [0.25, 0.3) is 0 Å². The summed E-state index contributed by atoms with van der Waals surface area (Å²) in [5, 5.41) is 2.75. The third-order valence-electron chi connectivity index (χ3n) is 2.11. The second kappa shape index (κ2) is 6.15. The summed E-state index contributed by atoms with van der Waals surface area (Å²) in [5.41, 5.74) is 0.624. The Hall–Kier alpha value is -1.69. The summed E-state index contributed by atoms with van der Waals surface area (Å²) >= 11 is 0. The molecule has 0 aliphatic carbocycles. The fourth-order valence-electron chi connectivity index (χ4n) is 1.17. The van der Waals surface area contributed by atoms with Crippen LogP contribution >= 0.6 is 0 Å². The molecule has 1 aromatic rings. The average molecular weight is 237 g/mol. The van der Waals surface area contributed by atoms with Gasteiger partial charge in [0.15, 0.2) is 0 Å². The van der Waals surface area contributed by atoms with Gasteiger partial charge in [-0.05, 0) is 14.1 Å². The molecular formula is C11H19N5O. The fraction of sp³-hybridized carbons (Fsp3) is 0.545.